The van der Waals surface area contributed by atoms with E-state index in [1.54, 1.807) is 18.4 Å². The molecule has 198 valence electrons. The van der Waals surface area contributed by atoms with Crippen molar-refractivity contribution in [1.82, 2.24) is 4.72 Å². The van der Waals surface area contributed by atoms with Crippen LogP contribution < -0.4 is 8.91 Å². The Morgan fingerprint density at radius 2 is 1.44 bits per heavy atom. The zero-order valence-electron chi connectivity index (χ0n) is 21.5. The number of ether oxygens (including phenoxy) is 1. The second-order valence-electron chi connectivity index (χ2n) is 9.42. The van der Waals surface area contributed by atoms with Gasteiger partial charge in [0.25, 0.3) is 0 Å². The summed E-state index contributed by atoms with van der Waals surface area (Å²) in [7, 11) is -3.97. The van der Waals surface area contributed by atoms with E-state index < -0.39 is 16.3 Å². The molecule has 4 aromatic carbocycles. The number of aryl methyl sites for hydroxylation is 1. The van der Waals surface area contributed by atoms with E-state index in [2.05, 4.69) is 35.1 Å². The predicted octanol–water partition coefficient (Wildman–Crippen LogP) is 7.02. The first-order valence-electron chi connectivity index (χ1n) is 13.0. The summed E-state index contributed by atoms with van der Waals surface area (Å²) in [5.41, 5.74) is 5.30. The van der Waals surface area contributed by atoms with Crippen molar-refractivity contribution in [2.24, 2.45) is 5.92 Å². The number of benzene rings is 4. The Bertz CT molecular complexity index is 1520. The van der Waals surface area contributed by atoms with Gasteiger partial charge in [-0.1, -0.05) is 115 Å². The van der Waals surface area contributed by atoms with Crippen LogP contribution in [0.2, 0.25) is 0 Å². The van der Waals surface area contributed by atoms with Crippen LogP contribution in [0.3, 0.4) is 0 Å². The molecule has 0 spiro atoms. The Kier molecular flexibility index (Phi) is 8.56. The fourth-order valence-electron chi connectivity index (χ4n) is 4.72. The molecule has 2 atom stereocenters. The van der Waals surface area contributed by atoms with Crippen LogP contribution in [0.4, 0.5) is 0 Å². The number of hydrogen-bond acceptors (Lipinski definition) is 4. The summed E-state index contributed by atoms with van der Waals surface area (Å²) in [6.07, 6.45) is 7.39. The minimum Gasteiger partial charge on any atom is -0.497 e. The molecule has 0 fully saturated rings. The Balaban J connectivity index is 1.50. The van der Waals surface area contributed by atoms with E-state index in [1.807, 2.05) is 84.9 Å². The molecule has 1 heterocycles. The monoisotopic (exact) mass is 537 g/mol. The Morgan fingerprint density at radius 3 is 2.15 bits per heavy atom. The summed E-state index contributed by atoms with van der Waals surface area (Å²) in [6.45, 7) is 0.420. The van der Waals surface area contributed by atoms with Crippen molar-refractivity contribution in [1.29, 1.82) is 0 Å². The number of nitrogens with one attached hydrogen (secondary N) is 1. The molecule has 0 bridgehead atoms. The summed E-state index contributed by atoms with van der Waals surface area (Å²) in [4.78, 5) is 0. The summed E-state index contributed by atoms with van der Waals surface area (Å²) in [5, 5.41) is 0. The van der Waals surface area contributed by atoms with Gasteiger partial charge in [0.05, 0.1) is 12.3 Å². The molecule has 6 heteroatoms. The van der Waals surface area contributed by atoms with Gasteiger partial charge in [0.2, 0.25) is 0 Å². The number of rotatable bonds is 10. The minimum atomic E-state index is -3.97. The third-order valence-corrected chi connectivity index (χ3v) is 7.61. The van der Waals surface area contributed by atoms with Gasteiger partial charge < -0.3 is 8.92 Å². The third kappa shape index (κ3) is 7.25. The number of fused-ring (bicyclic) bond motifs is 1. The zero-order valence-corrected chi connectivity index (χ0v) is 22.3. The highest BCUT2D eigenvalue weighted by Crippen LogP contribution is 2.38. The fraction of sp³-hybridized carbons (Fsp3) is 0.152. The molecule has 5 rings (SSSR count). The van der Waals surface area contributed by atoms with Crippen LogP contribution in [-0.4, -0.2) is 8.42 Å². The van der Waals surface area contributed by atoms with Gasteiger partial charge in [-0.25, -0.2) is 0 Å². The molecule has 1 N–H and O–H groups in total. The zero-order chi connectivity index (χ0) is 26.9. The largest absolute Gasteiger partial charge is 0.497 e. The molecule has 4 aromatic rings. The van der Waals surface area contributed by atoms with Crippen molar-refractivity contribution in [3.8, 4) is 5.75 Å². The normalized spacial score (nSPS) is 17.2. The number of para-hydroxylation sites is 1. The van der Waals surface area contributed by atoms with E-state index in [0.717, 1.165) is 35.1 Å². The Hall–Kier alpha value is -4.13. The lowest BCUT2D eigenvalue weighted by molar-refractivity contribution is 0.233. The molecule has 39 heavy (non-hydrogen) atoms. The lowest BCUT2D eigenvalue weighted by Crippen LogP contribution is -2.39. The smallest absolute Gasteiger partial charge is 0.383 e. The van der Waals surface area contributed by atoms with Gasteiger partial charge in [0.15, 0.2) is 0 Å². The molecule has 5 nitrogen and oxygen atoms in total. The van der Waals surface area contributed by atoms with Crippen LogP contribution >= 0.6 is 0 Å². The molecule has 0 aliphatic carbocycles. The summed E-state index contributed by atoms with van der Waals surface area (Å²) >= 11 is 0. The van der Waals surface area contributed by atoms with Crippen molar-refractivity contribution in [2.75, 3.05) is 0 Å². The van der Waals surface area contributed by atoms with Crippen molar-refractivity contribution in [3.05, 3.63) is 156 Å². The maximum absolute atomic E-state index is 12.7. The van der Waals surface area contributed by atoms with E-state index in [4.69, 9.17) is 8.92 Å². The molecule has 1 aliphatic rings. The van der Waals surface area contributed by atoms with Gasteiger partial charge >= 0.3 is 10.3 Å². The topological polar surface area (TPSA) is 64.6 Å². The van der Waals surface area contributed by atoms with E-state index in [0.29, 0.717) is 12.4 Å². The third-order valence-electron chi connectivity index (χ3n) is 6.66. The SMILES string of the molecule is O=S1(=O)N[C@@H]([C@@H](/C=C\OCc2ccccc2)/C=C(\CCc2ccccc2)c2ccccc2)c2ccccc2O1. The van der Waals surface area contributed by atoms with Crippen LogP contribution in [-0.2, 0) is 28.1 Å². The second-order valence-corrected chi connectivity index (χ2v) is 10.7. The average Bonchev–Trinajstić information content (AvgIpc) is 2.97. The van der Waals surface area contributed by atoms with Crippen molar-refractivity contribution in [3.63, 3.8) is 0 Å². The lowest BCUT2D eigenvalue weighted by atomic mass is 9.88. The van der Waals surface area contributed by atoms with E-state index >= 15 is 0 Å². The predicted molar refractivity (Wildman–Crippen MR) is 155 cm³/mol. The average molecular weight is 538 g/mol. The molecule has 0 radical (unpaired) electrons. The molecule has 1 aliphatic heterocycles. The van der Waals surface area contributed by atoms with Crippen LogP contribution in [0.25, 0.3) is 5.57 Å². The van der Waals surface area contributed by atoms with Crippen LogP contribution in [0.1, 0.15) is 34.7 Å². The summed E-state index contributed by atoms with van der Waals surface area (Å²) in [5.74, 6) is -0.00428. The lowest BCUT2D eigenvalue weighted by Gasteiger charge is -2.30. The molecule has 0 unspecified atom stereocenters. The second kappa shape index (κ2) is 12.6. The van der Waals surface area contributed by atoms with Gasteiger partial charge in [-0.2, -0.15) is 13.1 Å². The highest BCUT2D eigenvalue weighted by molar-refractivity contribution is 7.85. The number of allylic oxidation sites excluding steroid dienone is 1. The standard InChI is InChI=1S/C33H31NO4S/c35-39(36)34-33(31-18-10-11-19-32(31)38-39)30(22-23-37-25-27-14-6-2-7-15-27)24-29(28-16-8-3-9-17-28)21-20-26-12-4-1-5-13-26/h1-19,22-24,30,33-34H,20-21,25H2/b23-22-,29-24+/t30-,33-/m0/s1. The quantitative estimate of drug-likeness (QED) is 0.221. The highest BCUT2D eigenvalue weighted by atomic mass is 32.2. The first-order chi connectivity index (χ1) is 19.1. The highest BCUT2D eigenvalue weighted by Gasteiger charge is 2.34. The van der Waals surface area contributed by atoms with Crippen molar-refractivity contribution < 1.29 is 17.3 Å². The summed E-state index contributed by atoms with van der Waals surface area (Å²) in [6, 6.07) is 37.2. The van der Waals surface area contributed by atoms with Crippen molar-refractivity contribution >= 4 is 15.9 Å². The van der Waals surface area contributed by atoms with E-state index in [9.17, 15) is 8.42 Å². The van der Waals surface area contributed by atoms with Gasteiger partial charge in [-0.3, -0.25) is 0 Å². The summed E-state index contributed by atoms with van der Waals surface area (Å²) < 4.78 is 39.3. The Labute approximate surface area is 230 Å². The van der Waals surface area contributed by atoms with E-state index in [-0.39, 0.29) is 5.92 Å². The first kappa shape index (κ1) is 26.5. The van der Waals surface area contributed by atoms with Crippen LogP contribution in [0.15, 0.2) is 134 Å². The van der Waals surface area contributed by atoms with Gasteiger partial charge in [0.1, 0.15) is 12.4 Å². The van der Waals surface area contributed by atoms with E-state index in [1.165, 1.54) is 5.56 Å². The van der Waals surface area contributed by atoms with Gasteiger partial charge in [-0.05, 0) is 47.2 Å². The molecule has 0 saturated carbocycles. The van der Waals surface area contributed by atoms with Crippen LogP contribution in [0, 0.1) is 5.92 Å². The van der Waals surface area contributed by atoms with Crippen LogP contribution in [0.5, 0.6) is 5.75 Å². The Morgan fingerprint density at radius 1 is 0.821 bits per heavy atom. The molecule has 0 saturated heterocycles. The molecular formula is C33H31NO4S. The maximum atomic E-state index is 12.7. The molecule has 0 amide bonds. The molecular weight excluding hydrogens is 506 g/mol. The van der Waals surface area contributed by atoms with Gasteiger partial charge in [0, 0.05) is 11.5 Å². The minimum absolute atomic E-state index is 0.337. The van der Waals surface area contributed by atoms with Gasteiger partial charge in [-0.15, -0.1) is 0 Å². The fourth-order valence-corrected chi connectivity index (χ4v) is 5.75. The first-order valence-corrected chi connectivity index (χ1v) is 14.4. The maximum Gasteiger partial charge on any atom is 0.383 e. The molecule has 0 aromatic heterocycles. The number of hydrogen-bond donors (Lipinski definition) is 1. The van der Waals surface area contributed by atoms with Crippen molar-refractivity contribution in [2.45, 2.75) is 25.5 Å².